The molecule has 3 nitrogen and oxygen atoms in total. The van der Waals surface area contributed by atoms with Crippen LogP contribution in [0.1, 0.15) is 25.5 Å². The summed E-state index contributed by atoms with van der Waals surface area (Å²) in [5, 5.41) is 12.6. The van der Waals surface area contributed by atoms with Gasteiger partial charge in [0.1, 0.15) is 5.75 Å². The van der Waals surface area contributed by atoms with Crippen LogP contribution in [0.2, 0.25) is 0 Å². The maximum Gasteiger partial charge on any atom is 0.119 e. The fraction of sp³-hybridized carbons (Fsp3) is 0.500. The van der Waals surface area contributed by atoms with Gasteiger partial charge in [-0.1, -0.05) is 26.0 Å². The zero-order chi connectivity index (χ0) is 11.3. The van der Waals surface area contributed by atoms with Crippen molar-refractivity contribution in [1.82, 2.24) is 5.32 Å². The van der Waals surface area contributed by atoms with Crippen LogP contribution in [0.5, 0.6) is 5.75 Å². The Morgan fingerprint density at radius 2 is 2.13 bits per heavy atom. The predicted molar refractivity (Wildman–Crippen MR) is 61.1 cm³/mol. The maximum atomic E-state index is 9.29. The summed E-state index contributed by atoms with van der Waals surface area (Å²) in [7, 11) is 1.64. The van der Waals surface area contributed by atoms with E-state index in [1.807, 2.05) is 24.3 Å². The highest BCUT2D eigenvalue weighted by Gasteiger charge is 2.11. The fourth-order valence-corrected chi connectivity index (χ4v) is 1.51. The molecule has 0 aromatic heterocycles. The Morgan fingerprint density at radius 1 is 1.40 bits per heavy atom. The largest absolute Gasteiger partial charge is 0.497 e. The van der Waals surface area contributed by atoms with Crippen molar-refractivity contribution in [3.63, 3.8) is 0 Å². The molecular weight excluding hydrogens is 190 g/mol. The summed E-state index contributed by atoms with van der Waals surface area (Å²) in [5.41, 5.74) is 1.05. The Balaban J connectivity index is 2.81. The second kappa shape index (κ2) is 5.73. The zero-order valence-corrected chi connectivity index (χ0v) is 9.53. The van der Waals surface area contributed by atoms with Gasteiger partial charge in [0.15, 0.2) is 0 Å². The van der Waals surface area contributed by atoms with Crippen LogP contribution in [-0.2, 0) is 0 Å². The molecule has 0 radical (unpaired) electrons. The molecule has 3 heteroatoms. The van der Waals surface area contributed by atoms with Gasteiger partial charge in [-0.05, 0) is 17.7 Å². The molecule has 0 fully saturated rings. The molecule has 0 bridgehead atoms. The Bertz CT molecular complexity index is 299. The molecular formula is C12H19NO2. The summed E-state index contributed by atoms with van der Waals surface area (Å²) in [6.45, 7) is 4.21. The number of hydrogen-bond acceptors (Lipinski definition) is 3. The van der Waals surface area contributed by atoms with Crippen molar-refractivity contribution < 1.29 is 9.84 Å². The summed E-state index contributed by atoms with van der Waals surface area (Å²) in [6.07, 6.45) is 0. The highest BCUT2D eigenvalue weighted by molar-refractivity contribution is 5.30. The first-order valence-corrected chi connectivity index (χ1v) is 5.18. The molecule has 0 aliphatic heterocycles. The molecule has 0 amide bonds. The summed E-state index contributed by atoms with van der Waals surface area (Å²) in [5.74, 6) is 0.816. The Labute approximate surface area is 91.1 Å². The minimum Gasteiger partial charge on any atom is -0.497 e. The SMILES string of the molecule is COc1cccc(C(CO)NC(C)C)c1. The lowest BCUT2D eigenvalue weighted by Gasteiger charge is -2.19. The van der Waals surface area contributed by atoms with E-state index in [4.69, 9.17) is 4.74 Å². The molecule has 1 atom stereocenters. The van der Waals surface area contributed by atoms with Crippen LogP contribution >= 0.6 is 0 Å². The van der Waals surface area contributed by atoms with Gasteiger partial charge in [0, 0.05) is 6.04 Å². The molecule has 0 spiro atoms. The number of benzene rings is 1. The van der Waals surface area contributed by atoms with Crippen molar-refractivity contribution >= 4 is 0 Å². The summed E-state index contributed by atoms with van der Waals surface area (Å²) < 4.78 is 5.15. The van der Waals surface area contributed by atoms with E-state index >= 15 is 0 Å². The predicted octanol–water partition coefficient (Wildman–Crippen LogP) is 1.73. The molecule has 2 N–H and O–H groups in total. The van der Waals surface area contributed by atoms with Gasteiger partial charge in [0.05, 0.1) is 19.8 Å². The van der Waals surface area contributed by atoms with Gasteiger partial charge < -0.3 is 15.2 Å². The number of methoxy groups -OCH3 is 1. The average molecular weight is 209 g/mol. The molecule has 0 heterocycles. The summed E-state index contributed by atoms with van der Waals surface area (Å²) >= 11 is 0. The molecule has 0 saturated carbocycles. The first-order valence-electron chi connectivity index (χ1n) is 5.18. The van der Waals surface area contributed by atoms with Gasteiger partial charge in [-0.3, -0.25) is 0 Å². The van der Waals surface area contributed by atoms with Crippen LogP contribution < -0.4 is 10.1 Å². The van der Waals surface area contributed by atoms with Gasteiger partial charge >= 0.3 is 0 Å². The highest BCUT2D eigenvalue weighted by Crippen LogP contribution is 2.19. The lowest BCUT2D eigenvalue weighted by molar-refractivity contribution is 0.237. The van der Waals surface area contributed by atoms with E-state index in [9.17, 15) is 5.11 Å². The molecule has 1 aromatic carbocycles. The van der Waals surface area contributed by atoms with Gasteiger partial charge in [-0.15, -0.1) is 0 Å². The van der Waals surface area contributed by atoms with Gasteiger partial charge in [0.25, 0.3) is 0 Å². The van der Waals surface area contributed by atoms with Crippen molar-refractivity contribution in [2.75, 3.05) is 13.7 Å². The van der Waals surface area contributed by atoms with Gasteiger partial charge in [-0.25, -0.2) is 0 Å². The minimum atomic E-state index is -0.0277. The Kier molecular flexibility index (Phi) is 4.59. The van der Waals surface area contributed by atoms with Crippen molar-refractivity contribution in [2.24, 2.45) is 0 Å². The monoisotopic (exact) mass is 209 g/mol. The molecule has 0 aliphatic carbocycles. The van der Waals surface area contributed by atoms with E-state index in [0.717, 1.165) is 11.3 Å². The van der Waals surface area contributed by atoms with E-state index in [-0.39, 0.29) is 12.6 Å². The van der Waals surface area contributed by atoms with Crippen LogP contribution in [0, 0.1) is 0 Å². The third kappa shape index (κ3) is 3.53. The normalized spacial score (nSPS) is 12.9. The second-order valence-corrected chi connectivity index (χ2v) is 3.83. The van der Waals surface area contributed by atoms with E-state index in [2.05, 4.69) is 19.2 Å². The summed E-state index contributed by atoms with van der Waals surface area (Å²) in [4.78, 5) is 0. The summed E-state index contributed by atoms with van der Waals surface area (Å²) in [6, 6.07) is 8.06. The molecule has 84 valence electrons. The number of hydrogen-bond donors (Lipinski definition) is 2. The zero-order valence-electron chi connectivity index (χ0n) is 9.53. The van der Waals surface area contributed by atoms with Crippen LogP contribution in [0.25, 0.3) is 0 Å². The Hall–Kier alpha value is -1.06. The van der Waals surface area contributed by atoms with Gasteiger partial charge in [-0.2, -0.15) is 0 Å². The number of rotatable bonds is 5. The molecule has 15 heavy (non-hydrogen) atoms. The maximum absolute atomic E-state index is 9.29. The Morgan fingerprint density at radius 3 is 2.67 bits per heavy atom. The van der Waals surface area contributed by atoms with Crippen molar-refractivity contribution in [2.45, 2.75) is 25.9 Å². The number of aliphatic hydroxyl groups excluding tert-OH is 1. The van der Waals surface area contributed by atoms with Crippen LogP contribution in [0.15, 0.2) is 24.3 Å². The van der Waals surface area contributed by atoms with Crippen molar-refractivity contribution in [1.29, 1.82) is 0 Å². The second-order valence-electron chi connectivity index (χ2n) is 3.83. The standard InChI is InChI=1S/C12H19NO2/c1-9(2)13-12(8-14)10-5-4-6-11(7-10)15-3/h4-7,9,12-14H,8H2,1-3H3. The average Bonchev–Trinajstić information content (AvgIpc) is 2.25. The van der Waals surface area contributed by atoms with Crippen LogP contribution in [0.3, 0.4) is 0 Å². The van der Waals surface area contributed by atoms with E-state index in [1.165, 1.54) is 0 Å². The minimum absolute atomic E-state index is 0.0277. The topological polar surface area (TPSA) is 41.5 Å². The van der Waals surface area contributed by atoms with Crippen LogP contribution in [0.4, 0.5) is 0 Å². The highest BCUT2D eigenvalue weighted by atomic mass is 16.5. The number of nitrogens with one attached hydrogen (secondary N) is 1. The molecule has 1 rings (SSSR count). The van der Waals surface area contributed by atoms with E-state index in [1.54, 1.807) is 7.11 Å². The third-order valence-corrected chi connectivity index (χ3v) is 2.21. The van der Waals surface area contributed by atoms with Gasteiger partial charge in [0.2, 0.25) is 0 Å². The van der Waals surface area contributed by atoms with Crippen molar-refractivity contribution in [3.05, 3.63) is 29.8 Å². The smallest absolute Gasteiger partial charge is 0.119 e. The van der Waals surface area contributed by atoms with Crippen LogP contribution in [-0.4, -0.2) is 24.9 Å². The van der Waals surface area contributed by atoms with Crippen molar-refractivity contribution in [3.8, 4) is 5.75 Å². The number of aliphatic hydroxyl groups is 1. The quantitative estimate of drug-likeness (QED) is 0.776. The third-order valence-electron chi connectivity index (χ3n) is 2.21. The molecule has 1 unspecified atom stereocenters. The van der Waals surface area contributed by atoms with E-state index in [0.29, 0.717) is 6.04 Å². The lowest BCUT2D eigenvalue weighted by atomic mass is 10.1. The molecule has 0 saturated heterocycles. The first-order chi connectivity index (χ1) is 7.17. The molecule has 1 aromatic rings. The lowest BCUT2D eigenvalue weighted by Crippen LogP contribution is -2.30. The first kappa shape index (κ1) is 12.0. The number of ether oxygens (including phenoxy) is 1. The fourth-order valence-electron chi connectivity index (χ4n) is 1.51. The van der Waals surface area contributed by atoms with E-state index < -0.39 is 0 Å². The molecule has 0 aliphatic rings.